The highest BCUT2D eigenvalue weighted by Crippen LogP contribution is 2.34. The predicted molar refractivity (Wildman–Crippen MR) is 259 cm³/mol. The number of nitrogens with zero attached hydrogens (tertiary/aromatic N) is 8. The van der Waals surface area contributed by atoms with Crippen molar-refractivity contribution < 1.29 is 4.42 Å². The fourth-order valence-electron chi connectivity index (χ4n) is 9.34. The number of hydrogen-bond acceptors (Lipinski definition) is 9. The Morgan fingerprint density at radius 2 is 0.921 bits per heavy atom. The second-order valence-corrected chi connectivity index (χ2v) is 28.4. The summed E-state index contributed by atoms with van der Waals surface area (Å²) in [5, 5.41) is 10.3. The molecule has 0 saturated carbocycles. The van der Waals surface area contributed by atoms with Gasteiger partial charge in [-0.1, -0.05) is 78.9 Å². The lowest BCUT2D eigenvalue weighted by Gasteiger charge is -2.26. The highest BCUT2D eigenvalue weighted by atomic mass is 28.4. The van der Waals surface area contributed by atoms with Gasteiger partial charge in [0.15, 0.2) is 5.58 Å². The molecule has 0 radical (unpaired) electrons. The molecule has 63 heavy (non-hydrogen) atoms. The average molecular weight is 867 g/mol. The zero-order chi connectivity index (χ0) is 42.8. The number of benzene rings is 8. The fourth-order valence-corrected chi connectivity index (χ4v) is 14.1. The molecule has 12 rings (SSSR count). The number of hydrogen-bond donors (Lipinski definition) is 0. The second-order valence-electron chi connectivity index (χ2n) is 18.1. The molecular formula is C51H42N8OSi3. The molecule has 8 aromatic carbocycles. The van der Waals surface area contributed by atoms with Gasteiger partial charge in [-0.05, 0) is 139 Å². The molecule has 304 valence electrons. The van der Waals surface area contributed by atoms with Crippen molar-refractivity contribution in [2.24, 2.45) is 27.9 Å². The minimum atomic E-state index is -2.42. The quantitative estimate of drug-likeness (QED) is 0.123. The Balaban J connectivity index is 1.06. The summed E-state index contributed by atoms with van der Waals surface area (Å²) < 4.78 is 38.6. The molecule has 12 heteroatoms. The van der Waals surface area contributed by atoms with Crippen molar-refractivity contribution in [3.8, 4) is 33.7 Å². The van der Waals surface area contributed by atoms with E-state index in [1.165, 1.54) is 21.5 Å². The van der Waals surface area contributed by atoms with Crippen LogP contribution in [0.3, 0.4) is 0 Å². The van der Waals surface area contributed by atoms with Gasteiger partial charge < -0.3 is 9.32 Å². The second kappa shape index (κ2) is 13.5. The van der Waals surface area contributed by atoms with Crippen LogP contribution >= 0.6 is 0 Å². The molecule has 0 aliphatic carbocycles. The third kappa shape index (κ3) is 6.35. The third-order valence-corrected chi connectivity index (χ3v) is 16.7. The summed E-state index contributed by atoms with van der Waals surface area (Å²) in [7, 11) is -7.09. The van der Waals surface area contributed by atoms with E-state index in [-0.39, 0.29) is 0 Å². The Hall–Kier alpha value is -7.00. The van der Waals surface area contributed by atoms with Crippen LogP contribution in [0, 0.1) is 0 Å². The van der Waals surface area contributed by atoms with Crippen molar-refractivity contribution in [3.05, 3.63) is 178 Å². The molecule has 9 nitrogen and oxygen atoms in total. The molecule has 0 saturated heterocycles. The van der Waals surface area contributed by atoms with E-state index in [4.69, 9.17) is 37.3 Å². The molecule has 0 N–H and O–H groups in total. The molecule has 0 atom stereocenters. The first-order chi connectivity index (χ1) is 30.4. The molecular weight excluding hydrogens is 825 g/mol. The minimum absolute atomic E-state index is 0.599. The molecule has 0 fully saturated rings. The van der Waals surface area contributed by atoms with Crippen LogP contribution in [-0.2, 0) is 0 Å². The number of rotatable bonds is 6. The van der Waals surface area contributed by atoms with E-state index in [0.29, 0.717) is 5.89 Å². The minimum Gasteiger partial charge on any atom is -0.436 e. The van der Waals surface area contributed by atoms with Crippen molar-refractivity contribution in [1.29, 1.82) is 0 Å². The molecule has 9 aromatic rings. The number of aromatic nitrogens is 1. The smallest absolute Gasteiger partial charge is 0.298 e. The summed E-state index contributed by atoms with van der Waals surface area (Å²) in [6, 6.07) is 51.3. The van der Waals surface area contributed by atoms with Crippen LogP contribution in [0.4, 0.5) is 17.1 Å². The van der Waals surface area contributed by atoms with Gasteiger partial charge in [0.05, 0.1) is 49.2 Å². The fraction of sp³-hybridized carbons (Fsp3) is 0.118. The van der Waals surface area contributed by atoms with Gasteiger partial charge in [-0.15, -0.1) is 0 Å². The number of para-hydroxylation sites is 2. The summed E-state index contributed by atoms with van der Waals surface area (Å²) in [4.78, 5) is 7.06. The van der Waals surface area contributed by atoms with Crippen molar-refractivity contribution in [2.45, 2.75) is 39.3 Å². The zero-order valence-corrected chi connectivity index (χ0v) is 38.8. The molecule has 0 spiro atoms. The third-order valence-electron chi connectivity index (χ3n) is 12.0. The Morgan fingerprint density at radius 3 is 1.60 bits per heavy atom. The average Bonchev–Trinajstić information content (AvgIpc) is 4.02. The van der Waals surface area contributed by atoms with Crippen LogP contribution in [0.2, 0.25) is 39.3 Å². The number of fused-ring (bicyclic) bond motifs is 6. The van der Waals surface area contributed by atoms with Gasteiger partial charge in [-0.2, -0.15) is 0 Å². The van der Waals surface area contributed by atoms with Crippen LogP contribution in [0.5, 0.6) is 0 Å². The summed E-state index contributed by atoms with van der Waals surface area (Å²) in [6.45, 7) is 13.2. The van der Waals surface area contributed by atoms with Crippen molar-refractivity contribution in [3.63, 3.8) is 0 Å². The van der Waals surface area contributed by atoms with E-state index in [9.17, 15) is 0 Å². The van der Waals surface area contributed by atoms with Gasteiger partial charge >= 0.3 is 0 Å². The van der Waals surface area contributed by atoms with Gasteiger partial charge in [0.25, 0.3) is 25.2 Å². The van der Waals surface area contributed by atoms with E-state index in [1.54, 1.807) is 0 Å². The lowest BCUT2D eigenvalue weighted by atomic mass is 9.97. The maximum atomic E-state index is 6.11. The molecule has 3 aliphatic heterocycles. The maximum absolute atomic E-state index is 6.11. The normalized spacial score (nSPS) is 16.0. The standard InChI is InChI=1S/C51H42N8OSi3/c1-61(2)53-41-15-11-16-42(48(41)56-61)59(44-27-25-39(47-50(44)58-63(5,6)55-47)36-23-22-35-28-33-12-7-8-13-34(33)29-37(35)30-36)43-26-24-38(46-49(43)57-62(3,4)54-46)31-18-20-32(21-19-31)51-52-40-14-9-10-17-45(40)60-51/h7-30H,1-6H3. The van der Waals surface area contributed by atoms with Crippen molar-refractivity contribution >= 4 is 74.9 Å². The monoisotopic (exact) mass is 866 g/mol. The first kappa shape index (κ1) is 37.7. The first-order valence-electron chi connectivity index (χ1n) is 21.4. The summed E-state index contributed by atoms with van der Waals surface area (Å²) in [6.07, 6.45) is 0. The topological polar surface area (TPSA) is 103 Å². The van der Waals surface area contributed by atoms with Crippen LogP contribution in [0.15, 0.2) is 178 Å². The number of anilines is 3. The lowest BCUT2D eigenvalue weighted by molar-refractivity contribution is 0.620. The van der Waals surface area contributed by atoms with E-state index < -0.39 is 25.2 Å². The highest BCUT2D eigenvalue weighted by molar-refractivity contribution is 6.75. The zero-order valence-electron chi connectivity index (χ0n) is 35.8. The van der Waals surface area contributed by atoms with Crippen molar-refractivity contribution in [2.75, 3.05) is 4.90 Å². The summed E-state index contributed by atoms with van der Waals surface area (Å²) in [5.41, 5.74) is 9.63. The Kier molecular flexibility index (Phi) is 8.09. The van der Waals surface area contributed by atoms with Gasteiger partial charge in [-0.3, -0.25) is 27.9 Å². The molecule has 4 heterocycles. The Morgan fingerprint density at radius 1 is 0.397 bits per heavy atom. The van der Waals surface area contributed by atoms with Gasteiger partial charge in [0.1, 0.15) is 5.52 Å². The van der Waals surface area contributed by atoms with Crippen LogP contribution < -0.4 is 37.0 Å². The summed E-state index contributed by atoms with van der Waals surface area (Å²) in [5.74, 6) is 0.599. The van der Waals surface area contributed by atoms with Gasteiger partial charge in [0.2, 0.25) is 5.89 Å². The van der Waals surface area contributed by atoms with Crippen LogP contribution in [0.25, 0.3) is 66.4 Å². The van der Waals surface area contributed by atoms with Gasteiger partial charge in [-0.25, -0.2) is 4.98 Å². The van der Waals surface area contributed by atoms with Crippen LogP contribution in [0.1, 0.15) is 0 Å². The molecule has 0 amide bonds. The molecule has 0 bridgehead atoms. The van der Waals surface area contributed by atoms with E-state index >= 15 is 0 Å². The molecule has 3 aliphatic rings. The van der Waals surface area contributed by atoms with E-state index in [0.717, 1.165) is 88.1 Å². The summed E-state index contributed by atoms with van der Waals surface area (Å²) >= 11 is 0. The highest BCUT2D eigenvalue weighted by Gasteiger charge is 2.33. The predicted octanol–water partition coefficient (Wildman–Crippen LogP) is 9.47. The number of oxazole rings is 1. The lowest BCUT2D eigenvalue weighted by Crippen LogP contribution is -2.38. The SMILES string of the molecule is C[Si]1(C)N=c2cccc(N(c3ccc(-c4ccc(-c5nc6ccccc6o5)cc4)c4c3=N[Si](C)(C)N=4)c3ccc(-c4ccc5cc6ccccc6cc5c4)c4c3=N[Si](C)(C)N=4)c2=N1. The Bertz CT molecular complexity index is 3830. The maximum Gasteiger partial charge on any atom is 0.298 e. The molecule has 0 unspecified atom stereocenters. The first-order valence-corrected chi connectivity index (χ1v) is 30.1. The van der Waals surface area contributed by atoms with E-state index in [1.807, 2.05) is 24.3 Å². The van der Waals surface area contributed by atoms with Gasteiger partial charge in [0, 0.05) is 16.7 Å². The Labute approximate surface area is 366 Å². The molecule has 1 aromatic heterocycles. The van der Waals surface area contributed by atoms with E-state index in [2.05, 4.69) is 166 Å². The van der Waals surface area contributed by atoms with Crippen LogP contribution in [-0.4, -0.2) is 30.2 Å². The largest absolute Gasteiger partial charge is 0.436 e. The van der Waals surface area contributed by atoms with Crippen molar-refractivity contribution in [1.82, 2.24) is 4.98 Å².